The number of carbonyl (C=O) groups excluding carboxylic acids is 1. The number of aliphatic carboxylic acids is 1. The standard InChI is InChI=1S/C13H19N3O3S/c1-13(12(18)19)4-2-6-16(8-13)11(17)9-7-20-10(15-9)3-5-14/h7H,2-6,8,14H2,1H3,(H,18,19). The van der Waals surface area contributed by atoms with Crippen LogP contribution in [0.2, 0.25) is 0 Å². The lowest BCUT2D eigenvalue weighted by atomic mass is 9.82. The van der Waals surface area contributed by atoms with Gasteiger partial charge >= 0.3 is 5.97 Å². The van der Waals surface area contributed by atoms with Gasteiger partial charge in [0.1, 0.15) is 5.69 Å². The fourth-order valence-electron chi connectivity index (χ4n) is 2.40. The molecule has 0 aliphatic carbocycles. The minimum atomic E-state index is -0.857. The summed E-state index contributed by atoms with van der Waals surface area (Å²) in [6, 6.07) is 0. The Morgan fingerprint density at radius 3 is 3.00 bits per heavy atom. The van der Waals surface area contributed by atoms with E-state index in [1.165, 1.54) is 11.3 Å². The monoisotopic (exact) mass is 297 g/mol. The molecule has 1 saturated heterocycles. The summed E-state index contributed by atoms with van der Waals surface area (Å²) in [5.74, 6) is -1.03. The number of aromatic nitrogens is 1. The molecule has 1 aliphatic heterocycles. The van der Waals surface area contributed by atoms with Crippen LogP contribution in [0, 0.1) is 5.41 Å². The SMILES string of the molecule is CC1(C(=O)O)CCCN(C(=O)c2csc(CCN)n2)C1. The number of hydrogen-bond donors (Lipinski definition) is 2. The third-order valence-electron chi connectivity index (χ3n) is 3.63. The van der Waals surface area contributed by atoms with E-state index in [4.69, 9.17) is 5.73 Å². The van der Waals surface area contributed by atoms with Crippen LogP contribution in [0.1, 0.15) is 35.3 Å². The Morgan fingerprint density at radius 2 is 2.35 bits per heavy atom. The maximum Gasteiger partial charge on any atom is 0.311 e. The highest BCUT2D eigenvalue weighted by Crippen LogP contribution is 2.30. The van der Waals surface area contributed by atoms with Crippen LogP contribution in [0.5, 0.6) is 0 Å². The number of thiazole rings is 1. The van der Waals surface area contributed by atoms with Gasteiger partial charge in [-0.05, 0) is 26.3 Å². The summed E-state index contributed by atoms with van der Waals surface area (Å²) in [5.41, 5.74) is 5.00. The number of piperidine rings is 1. The van der Waals surface area contributed by atoms with E-state index in [2.05, 4.69) is 4.98 Å². The molecule has 0 saturated carbocycles. The van der Waals surface area contributed by atoms with E-state index in [0.29, 0.717) is 38.0 Å². The van der Waals surface area contributed by atoms with Crippen molar-refractivity contribution in [3.8, 4) is 0 Å². The average molecular weight is 297 g/mol. The molecule has 1 fully saturated rings. The van der Waals surface area contributed by atoms with Gasteiger partial charge in [0.05, 0.1) is 10.4 Å². The van der Waals surface area contributed by atoms with Gasteiger partial charge in [0, 0.05) is 24.9 Å². The van der Waals surface area contributed by atoms with E-state index >= 15 is 0 Å². The minimum Gasteiger partial charge on any atom is -0.481 e. The van der Waals surface area contributed by atoms with Crippen LogP contribution in [-0.2, 0) is 11.2 Å². The lowest BCUT2D eigenvalue weighted by molar-refractivity contribution is -0.150. The van der Waals surface area contributed by atoms with E-state index in [9.17, 15) is 14.7 Å². The zero-order valence-corrected chi connectivity index (χ0v) is 12.3. The van der Waals surface area contributed by atoms with Gasteiger partial charge in [0.15, 0.2) is 0 Å². The Kier molecular flexibility index (Phi) is 4.39. The fraction of sp³-hybridized carbons (Fsp3) is 0.615. The summed E-state index contributed by atoms with van der Waals surface area (Å²) in [7, 11) is 0. The molecule has 2 rings (SSSR count). The zero-order valence-electron chi connectivity index (χ0n) is 11.5. The number of rotatable bonds is 4. The molecule has 1 unspecified atom stereocenters. The van der Waals surface area contributed by atoms with Crippen LogP contribution >= 0.6 is 11.3 Å². The Balaban J connectivity index is 2.10. The summed E-state index contributed by atoms with van der Waals surface area (Å²) in [5, 5.41) is 11.8. The predicted octanol–water partition coefficient (Wildman–Crippen LogP) is 0.971. The first kappa shape index (κ1) is 14.9. The number of nitrogens with two attached hydrogens (primary N) is 1. The summed E-state index contributed by atoms with van der Waals surface area (Å²) in [6.45, 7) is 3.02. The van der Waals surface area contributed by atoms with Gasteiger partial charge in [-0.3, -0.25) is 9.59 Å². The van der Waals surface area contributed by atoms with E-state index < -0.39 is 11.4 Å². The van der Waals surface area contributed by atoms with Crippen LogP contribution in [0.15, 0.2) is 5.38 Å². The number of likely N-dealkylation sites (tertiary alicyclic amines) is 1. The normalized spacial score (nSPS) is 22.8. The van der Waals surface area contributed by atoms with Gasteiger partial charge < -0.3 is 15.7 Å². The van der Waals surface area contributed by atoms with Crippen LogP contribution in [0.3, 0.4) is 0 Å². The third-order valence-corrected chi connectivity index (χ3v) is 4.54. The highest BCUT2D eigenvalue weighted by molar-refractivity contribution is 7.09. The summed E-state index contributed by atoms with van der Waals surface area (Å²) in [4.78, 5) is 29.5. The second-order valence-corrected chi connectivity index (χ2v) is 6.30. The summed E-state index contributed by atoms with van der Waals surface area (Å²) >= 11 is 1.42. The highest BCUT2D eigenvalue weighted by atomic mass is 32.1. The first-order chi connectivity index (χ1) is 9.46. The molecule has 1 aromatic rings. The van der Waals surface area contributed by atoms with Gasteiger partial charge in [0.25, 0.3) is 5.91 Å². The molecule has 2 heterocycles. The second kappa shape index (κ2) is 5.88. The number of carbonyl (C=O) groups is 2. The van der Waals surface area contributed by atoms with Crippen molar-refractivity contribution in [2.24, 2.45) is 11.1 Å². The van der Waals surface area contributed by atoms with Crippen molar-refractivity contribution in [1.82, 2.24) is 9.88 Å². The van der Waals surface area contributed by atoms with Crippen molar-refractivity contribution in [2.45, 2.75) is 26.2 Å². The van der Waals surface area contributed by atoms with E-state index in [1.807, 2.05) is 0 Å². The molecule has 0 radical (unpaired) electrons. The topological polar surface area (TPSA) is 96.5 Å². The maximum absolute atomic E-state index is 12.4. The molecule has 6 nitrogen and oxygen atoms in total. The van der Waals surface area contributed by atoms with Crippen LogP contribution in [0.4, 0.5) is 0 Å². The van der Waals surface area contributed by atoms with Crippen molar-refractivity contribution >= 4 is 23.2 Å². The maximum atomic E-state index is 12.4. The van der Waals surface area contributed by atoms with Crippen molar-refractivity contribution in [3.63, 3.8) is 0 Å². The predicted molar refractivity (Wildman–Crippen MR) is 75.8 cm³/mol. The smallest absolute Gasteiger partial charge is 0.311 e. The Morgan fingerprint density at radius 1 is 1.60 bits per heavy atom. The van der Waals surface area contributed by atoms with Crippen LogP contribution < -0.4 is 5.73 Å². The first-order valence-electron chi connectivity index (χ1n) is 6.63. The van der Waals surface area contributed by atoms with Crippen molar-refractivity contribution in [2.75, 3.05) is 19.6 Å². The van der Waals surface area contributed by atoms with E-state index in [-0.39, 0.29) is 12.5 Å². The summed E-state index contributed by atoms with van der Waals surface area (Å²) < 4.78 is 0. The molecule has 0 bridgehead atoms. The molecular formula is C13H19N3O3S. The molecule has 1 aromatic heterocycles. The molecule has 7 heteroatoms. The molecule has 3 N–H and O–H groups in total. The van der Waals surface area contributed by atoms with Gasteiger partial charge in [-0.2, -0.15) is 0 Å². The van der Waals surface area contributed by atoms with Crippen molar-refractivity contribution < 1.29 is 14.7 Å². The van der Waals surface area contributed by atoms with Gasteiger partial charge in [-0.15, -0.1) is 11.3 Å². The number of nitrogens with zero attached hydrogens (tertiary/aromatic N) is 2. The van der Waals surface area contributed by atoms with E-state index in [0.717, 1.165) is 5.01 Å². The van der Waals surface area contributed by atoms with Gasteiger partial charge in [-0.1, -0.05) is 0 Å². The third kappa shape index (κ3) is 2.99. The van der Waals surface area contributed by atoms with Crippen LogP contribution in [0.25, 0.3) is 0 Å². The lowest BCUT2D eigenvalue weighted by Gasteiger charge is -2.37. The Labute approximate surface area is 121 Å². The summed E-state index contributed by atoms with van der Waals surface area (Å²) in [6.07, 6.45) is 1.96. The molecular weight excluding hydrogens is 278 g/mol. The number of carboxylic acid groups (broad SMARTS) is 1. The minimum absolute atomic E-state index is 0.184. The van der Waals surface area contributed by atoms with Gasteiger partial charge in [-0.25, -0.2) is 4.98 Å². The van der Waals surface area contributed by atoms with Crippen molar-refractivity contribution in [1.29, 1.82) is 0 Å². The number of carboxylic acids is 1. The fourth-order valence-corrected chi connectivity index (χ4v) is 3.18. The molecule has 1 amide bonds. The zero-order chi connectivity index (χ0) is 14.8. The largest absolute Gasteiger partial charge is 0.481 e. The number of hydrogen-bond acceptors (Lipinski definition) is 5. The molecule has 0 aromatic carbocycles. The van der Waals surface area contributed by atoms with Crippen LogP contribution in [-0.4, -0.2) is 46.5 Å². The molecule has 110 valence electrons. The number of amides is 1. The Hall–Kier alpha value is -1.47. The average Bonchev–Trinajstić information content (AvgIpc) is 2.87. The quantitative estimate of drug-likeness (QED) is 0.863. The second-order valence-electron chi connectivity index (χ2n) is 5.36. The van der Waals surface area contributed by atoms with Gasteiger partial charge in [0.2, 0.25) is 0 Å². The van der Waals surface area contributed by atoms with Crippen molar-refractivity contribution in [3.05, 3.63) is 16.1 Å². The molecule has 0 spiro atoms. The highest BCUT2D eigenvalue weighted by Gasteiger charge is 2.39. The molecule has 20 heavy (non-hydrogen) atoms. The first-order valence-corrected chi connectivity index (χ1v) is 7.51. The Bertz CT molecular complexity index is 517. The molecule has 1 atom stereocenters. The lowest BCUT2D eigenvalue weighted by Crippen LogP contribution is -2.48. The van der Waals surface area contributed by atoms with E-state index in [1.54, 1.807) is 17.2 Å². The molecule has 1 aliphatic rings.